The van der Waals surface area contributed by atoms with Crippen LogP contribution in [-0.4, -0.2) is 18.9 Å². The number of carbonyl (C=O) groups is 2. The molecule has 2 amide bonds. The van der Waals surface area contributed by atoms with Crippen LogP contribution in [0, 0.1) is 0 Å². The Hall–Kier alpha value is -4.06. The van der Waals surface area contributed by atoms with Crippen molar-refractivity contribution in [3.8, 4) is 5.75 Å². The Balaban J connectivity index is 0.000000251. The van der Waals surface area contributed by atoms with Crippen LogP contribution >= 0.6 is 0 Å². The molecule has 0 unspecified atom stereocenters. The van der Waals surface area contributed by atoms with E-state index in [0.717, 1.165) is 44.9 Å². The van der Waals surface area contributed by atoms with Crippen LogP contribution in [0.2, 0.25) is 0 Å². The molecule has 2 aliphatic heterocycles. The zero-order valence-electron chi connectivity index (χ0n) is 21.4. The maximum absolute atomic E-state index is 12.5. The van der Waals surface area contributed by atoms with Gasteiger partial charge < -0.3 is 21.1 Å². The van der Waals surface area contributed by atoms with Crippen molar-refractivity contribution in [1.82, 2.24) is 0 Å². The summed E-state index contributed by atoms with van der Waals surface area (Å²) < 4.78 is 5.70. The summed E-state index contributed by atoms with van der Waals surface area (Å²) in [5, 5.41) is 5.66. The van der Waals surface area contributed by atoms with Crippen molar-refractivity contribution in [2.24, 2.45) is 0 Å². The van der Waals surface area contributed by atoms with Crippen LogP contribution < -0.4 is 21.1 Å². The smallest absolute Gasteiger partial charge is 0.256 e. The summed E-state index contributed by atoms with van der Waals surface area (Å²) in [6.45, 7) is 8.60. The van der Waals surface area contributed by atoms with E-state index in [1.807, 2.05) is 42.5 Å². The summed E-state index contributed by atoms with van der Waals surface area (Å²) in [6, 6.07) is 17.5. The molecule has 36 heavy (non-hydrogen) atoms. The number of hydrogen-bond acceptors (Lipinski definition) is 4. The molecular formula is C30H33N3O3. The first-order valence-electron chi connectivity index (χ1n) is 12.2. The summed E-state index contributed by atoms with van der Waals surface area (Å²) in [4.78, 5) is 23.3. The Bertz CT molecular complexity index is 1300. The van der Waals surface area contributed by atoms with Crippen molar-refractivity contribution in [2.75, 3.05) is 23.5 Å². The Morgan fingerprint density at radius 3 is 2.17 bits per heavy atom. The molecule has 0 radical (unpaired) electrons. The van der Waals surface area contributed by atoms with Crippen LogP contribution in [-0.2, 0) is 16.0 Å². The van der Waals surface area contributed by atoms with E-state index in [-0.39, 0.29) is 11.8 Å². The standard InChI is InChI=1S/C22H26N2O2.C8H7NO/c1-12(2)16-8-14(9-17(13(3)4)21(16)26-5)10-19-18-11-15(23)6-7-20(18)24-22(19)25;10-8-5-6-3-1-2-4-7(6)9-8/h6-13H,23H2,1-5H3,(H,24,25);1-4H,5H2,(H,9,10). The van der Waals surface area contributed by atoms with Gasteiger partial charge in [-0.15, -0.1) is 0 Å². The van der Waals surface area contributed by atoms with Gasteiger partial charge in [0.2, 0.25) is 5.91 Å². The van der Waals surface area contributed by atoms with Gasteiger partial charge in [-0.2, -0.15) is 0 Å². The maximum atomic E-state index is 12.5. The minimum atomic E-state index is -0.0985. The highest BCUT2D eigenvalue weighted by Gasteiger charge is 2.25. The van der Waals surface area contributed by atoms with Crippen LogP contribution in [0.4, 0.5) is 17.1 Å². The Morgan fingerprint density at radius 2 is 1.56 bits per heavy atom. The van der Waals surface area contributed by atoms with Gasteiger partial charge in [0.15, 0.2) is 0 Å². The SMILES string of the molecule is COc1c(C(C)C)cc(C=C2C(=O)Nc3ccc(N)cc32)cc1C(C)C.O=C1Cc2ccccc2N1. The third kappa shape index (κ3) is 5.13. The third-order valence-electron chi connectivity index (χ3n) is 6.40. The first-order chi connectivity index (χ1) is 17.2. The van der Waals surface area contributed by atoms with Crippen molar-refractivity contribution in [1.29, 1.82) is 0 Å². The number of nitrogens with two attached hydrogens (primary N) is 1. The van der Waals surface area contributed by atoms with Crippen molar-refractivity contribution in [3.05, 3.63) is 82.4 Å². The van der Waals surface area contributed by atoms with Gasteiger partial charge in [0.05, 0.1) is 13.5 Å². The van der Waals surface area contributed by atoms with Gasteiger partial charge in [-0.05, 0) is 76.6 Å². The van der Waals surface area contributed by atoms with Crippen LogP contribution in [0.25, 0.3) is 11.6 Å². The largest absolute Gasteiger partial charge is 0.496 e. The van der Waals surface area contributed by atoms with Gasteiger partial charge in [-0.3, -0.25) is 9.59 Å². The summed E-state index contributed by atoms with van der Waals surface area (Å²) in [5.41, 5.74) is 14.2. The molecule has 2 aliphatic rings. The monoisotopic (exact) mass is 483 g/mol. The molecule has 0 atom stereocenters. The molecule has 0 fully saturated rings. The van der Waals surface area contributed by atoms with E-state index in [1.54, 1.807) is 13.2 Å². The molecule has 2 heterocycles. The van der Waals surface area contributed by atoms with Crippen LogP contribution in [0.1, 0.15) is 67.3 Å². The Kier molecular flexibility index (Phi) is 7.15. The number of carbonyl (C=O) groups excluding carboxylic acids is 2. The molecule has 0 bridgehead atoms. The number of rotatable bonds is 4. The lowest BCUT2D eigenvalue weighted by Crippen LogP contribution is -2.04. The topological polar surface area (TPSA) is 93.4 Å². The number of amides is 2. The van der Waals surface area contributed by atoms with Gasteiger partial charge in [0, 0.05) is 28.2 Å². The average Bonchev–Trinajstić information content (AvgIpc) is 3.37. The first kappa shape index (κ1) is 25.0. The van der Waals surface area contributed by atoms with Crippen LogP contribution in [0.15, 0.2) is 54.6 Å². The van der Waals surface area contributed by atoms with E-state index in [4.69, 9.17) is 10.5 Å². The van der Waals surface area contributed by atoms with Gasteiger partial charge in [-0.1, -0.05) is 45.9 Å². The van der Waals surface area contributed by atoms with E-state index in [1.165, 1.54) is 0 Å². The fourth-order valence-electron chi connectivity index (χ4n) is 4.55. The average molecular weight is 484 g/mol. The number of fused-ring (bicyclic) bond motifs is 2. The summed E-state index contributed by atoms with van der Waals surface area (Å²) >= 11 is 0. The number of para-hydroxylation sites is 1. The number of hydrogen-bond donors (Lipinski definition) is 3. The molecule has 5 rings (SSSR count). The highest BCUT2D eigenvalue weighted by Crippen LogP contribution is 2.38. The molecule has 3 aromatic rings. The summed E-state index contributed by atoms with van der Waals surface area (Å²) in [7, 11) is 1.72. The number of ether oxygens (including phenoxy) is 1. The lowest BCUT2D eigenvalue weighted by Gasteiger charge is -2.19. The first-order valence-corrected chi connectivity index (χ1v) is 12.2. The fraction of sp³-hybridized carbons (Fsp3) is 0.267. The lowest BCUT2D eigenvalue weighted by atomic mass is 9.90. The molecule has 3 aromatic carbocycles. The van der Waals surface area contributed by atoms with Crippen molar-refractivity contribution in [3.63, 3.8) is 0 Å². The summed E-state index contributed by atoms with van der Waals surface area (Å²) in [6.07, 6.45) is 2.48. The van der Waals surface area contributed by atoms with E-state index < -0.39 is 0 Å². The summed E-state index contributed by atoms with van der Waals surface area (Å²) in [5.74, 6) is 1.58. The number of benzene rings is 3. The van der Waals surface area contributed by atoms with Crippen LogP contribution in [0.5, 0.6) is 5.75 Å². The van der Waals surface area contributed by atoms with Gasteiger partial charge in [-0.25, -0.2) is 0 Å². The fourth-order valence-corrected chi connectivity index (χ4v) is 4.55. The normalized spacial score (nSPS) is 14.8. The van der Waals surface area contributed by atoms with Crippen molar-refractivity contribution < 1.29 is 14.3 Å². The Labute approximate surface area is 212 Å². The molecular weight excluding hydrogens is 450 g/mol. The molecule has 6 heteroatoms. The molecule has 186 valence electrons. The van der Waals surface area contributed by atoms with E-state index in [0.29, 0.717) is 29.5 Å². The zero-order chi connectivity index (χ0) is 26.0. The Morgan fingerprint density at radius 1 is 0.889 bits per heavy atom. The van der Waals surface area contributed by atoms with Gasteiger partial charge in [0.1, 0.15) is 5.75 Å². The second-order valence-electron chi connectivity index (χ2n) is 9.74. The van der Waals surface area contributed by atoms with Crippen LogP contribution in [0.3, 0.4) is 0 Å². The van der Waals surface area contributed by atoms with E-state index in [9.17, 15) is 9.59 Å². The molecule has 4 N–H and O–H groups in total. The maximum Gasteiger partial charge on any atom is 0.256 e. The predicted molar refractivity (Wildman–Crippen MR) is 147 cm³/mol. The lowest BCUT2D eigenvalue weighted by molar-refractivity contribution is -0.115. The highest BCUT2D eigenvalue weighted by atomic mass is 16.5. The zero-order valence-corrected chi connectivity index (χ0v) is 21.4. The highest BCUT2D eigenvalue weighted by molar-refractivity contribution is 6.35. The van der Waals surface area contributed by atoms with Gasteiger partial charge in [0.25, 0.3) is 5.91 Å². The molecule has 0 saturated carbocycles. The molecule has 0 saturated heterocycles. The number of methoxy groups -OCH3 is 1. The molecule has 0 aromatic heterocycles. The van der Waals surface area contributed by atoms with Crippen molar-refractivity contribution in [2.45, 2.75) is 46.0 Å². The quantitative estimate of drug-likeness (QED) is 0.304. The number of nitrogens with one attached hydrogen (secondary N) is 2. The van der Waals surface area contributed by atoms with Gasteiger partial charge >= 0.3 is 0 Å². The molecule has 0 spiro atoms. The van der Waals surface area contributed by atoms with E-state index in [2.05, 4.69) is 50.5 Å². The number of anilines is 3. The second kappa shape index (κ2) is 10.3. The second-order valence-corrected chi connectivity index (χ2v) is 9.74. The number of nitrogen functional groups attached to an aromatic ring is 1. The predicted octanol–water partition coefficient (Wildman–Crippen LogP) is 6.20. The minimum Gasteiger partial charge on any atom is -0.496 e. The van der Waals surface area contributed by atoms with Crippen molar-refractivity contribution >= 4 is 40.5 Å². The third-order valence-corrected chi connectivity index (χ3v) is 6.40. The van der Waals surface area contributed by atoms with E-state index >= 15 is 0 Å². The molecule has 6 nitrogen and oxygen atoms in total. The minimum absolute atomic E-state index is 0.0983. The molecule has 0 aliphatic carbocycles.